The van der Waals surface area contributed by atoms with Gasteiger partial charge in [0.05, 0.1) is 0 Å². The minimum atomic E-state index is 0.582. The summed E-state index contributed by atoms with van der Waals surface area (Å²) in [4.78, 5) is 7.25. The number of hydrogen-bond acceptors (Lipinski definition) is 2. The van der Waals surface area contributed by atoms with Crippen molar-refractivity contribution in [1.29, 1.82) is 0 Å². The predicted octanol–water partition coefficient (Wildman–Crippen LogP) is 4.40. The van der Waals surface area contributed by atoms with Crippen LogP contribution in [0.15, 0.2) is 12.1 Å². The van der Waals surface area contributed by atoms with Crippen LogP contribution in [0.3, 0.4) is 0 Å². The van der Waals surface area contributed by atoms with Crippen LogP contribution in [0.1, 0.15) is 50.8 Å². The Morgan fingerprint density at radius 3 is 2.84 bits per heavy atom. The molecule has 0 bridgehead atoms. The largest absolute Gasteiger partial charge is 0.356 e. The van der Waals surface area contributed by atoms with E-state index in [1.54, 1.807) is 0 Å². The average molecular weight is 281 g/mol. The van der Waals surface area contributed by atoms with E-state index in [-0.39, 0.29) is 0 Å². The highest BCUT2D eigenvalue weighted by Crippen LogP contribution is 2.26. The van der Waals surface area contributed by atoms with Gasteiger partial charge in [-0.1, -0.05) is 26.7 Å². The summed E-state index contributed by atoms with van der Waals surface area (Å²) in [5.74, 6) is 2.57. The Morgan fingerprint density at radius 1 is 1.32 bits per heavy atom. The van der Waals surface area contributed by atoms with Gasteiger partial charge in [0.2, 0.25) is 0 Å². The summed E-state index contributed by atoms with van der Waals surface area (Å²) in [5.41, 5.74) is 2.39. The lowest BCUT2D eigenvalue weighted by Crippen LogP contribution is -2.21. The van der Waals surface area contributed by atoms with Gasteiger partial charge < -0.3 is 4.90 Å². The van der Waals surface area contributed by atoms with Crippen LogP contribution in [-0.2, 0) is 12.3 Å². The topological polar surface area (TPSA) is 16.1 Å². The molecule has 2 rings (SSSR count). The molecule has 1 aromatic heterocycles. The van der Waals surface area contributed by atoms with Crippen molar-refractivity contribution in [1.82, 2.24) is 4.98 Å². The Bertz CT molecular complexity index is 406. The van der Waals surface area contributed by atoms with Gasteiger partial charge in [0.1, 0.15) is 5.82 Å². The third kappa shape index (κ3) is 3.85. The number of anilines is 1. The molecule has 1 aliphatic heterocycles. The minimum Gasteiger partial charge on any atom is -0.356 e. The summed E-state index contributed by atoms with van der Waals surface area (Å²) in [5, 5.41) is 0. The molecule has 1 fully saturated rings. The first-order valence-electron chi connectivity index (χ1n) is 7.57. The third-order valence-electron chi connectivity index (χ3n) is 3.89. The van der Waals surface area contributed by atoms with Crippen LogP contribution in [0.2, 0.25) is 0 Å². The fraction of sp³-hybridized carbons (Fsp3) is 0.688. The van der Waals surface area contributed by atoms with E-state index in [9.17, 15) is 0 Å². The van der Waals surface area contributed by atoms with Crippen LogP contribution in [0, 0.1) is 5.92 Å². The SMILES string of the molecule is CCCc1cc(CCl)cc(N2CCC(CCC)C2)n1. The van der Waals surface area contributed by atoms with Crippen molar-refractivity contribution in [2.45, 2.75) is 51.8 Å². The van der Waals surface area contributed by atoms with Crippen molar-refractivity contribution >= 4 is 17.4 Å². The van der Waals surface area contributed by atoms with E-state index in [0.29, 0.717) is 5.88 Å². The smallest absolute Gasteiger partial charge is 0.129 e. The van der Waals surface area contributed by atoms with E-state index < -0.39 is 0 Å². The predicted molar refractivity (Wildman–Crippen MR) is 83.0 cm³/mol. The number of nitrogens with zero attached hydrogens (tertiary/aromatic N) is 2. The molecule has 1 unspecified atom stereocenters. The van der Waals surface area contributed by atoms with E-state index in [0.717, 1.165) is 37.7 Å². The summed E-state index contributed by atoms with van der Waals surface area (Å²) in [6, 6.07) is 4.32. The second-order valence-corrected chi connectivity index (χ2v) is 5.87. The van der Waals surface area contributed by atoms with Gasteiger partial charge in [-0.2, -0.15) is 0 Å². The molecule has 106 valence electrons. The molecular weight excluding hydrogens is 256 g/mol. The van der Waals surface area contributed by atoms with Gasteiger partial charge in [-0.15, -0.1) is 11.6 Å². The molecule has 1 aliphatic rings. The first kappa shape index (κ1) is 14.6. The lowest BCUT2D eigenvalue weighted by molar-refractivity contribution is 0.529. The molecule has 2 nitrogen and oxygen atoms in total. The number of aryl methyl sites for hydroxylation is 1. The summed E-state index contributed by atoms with van der Waals surface area (Å²) in [7, 11) is 0. The van der Waals surface area contributed by atoms with Gasteiger partial charge in [-0.3, -0.25) is 0 Å². The molecule has 0 saturated carbocycles. The molecular formula is C16H25ClN2. The van der Waals surface area contributed by atoms with E-state index in [2.05, 4.69) is 30.9 Å². The highest BCUT2D eigenvalue weighted by molar-refractivity contribution is 6.17. The Balaban J connectivity index is 2.12. The van der Waals surface area contributed by atoms with Crippen molar-refractivity contribution < 1.29 is 0 Å². The van der Waals surface area contributed by atoms with Gasteiger partial charge in [-0.25, -0.2) is 4.98 Å². The molecule has 19 heavy (non-hydrogen) atoms. The van der Waals surface area contributed by atoms with Gasteiger partial charge in [0.25, 0.3) is 0 Å². The number of alkyl halides is 1. The van der Waals surface area contributed by atoms with Gasteiger partial charge in [-0.05, 0) is 42.9 Å². The van der Waals surface area contributed by atoms with Gasteiger partial charge >= 0.3 is 0 Å². The molecule has 3 heteroatoms. The molecule has 0 aliphatic carbocycles. The van der Waals surface area contributed by atoms with E-state index in [1.807, 2.05) is 0 Å². The first-order chi connectivity index (χ1) is 9.26. The van der Waals surface area contributed by atoms with Gasteiger partial charge in [0, 0.05) is 24.7 Å². The maximum Gasteiger partial charge on any atom is 0.129 e. The Labute approximate surface area is 122 Å². The molecule has 0 N–H and O–H groups in total. The van der Waals surface area contributed by atoms with Crippen molar-refractivity contribution in [2.24, 2.45) is 5.92 Å². The fourth-order valence-corrected chi connectivity index (χ4v) is 3.10. The van der Waals surface area contributed by atoms with E-state index in [1.165, 1.54) is 30.5 Å². The molecule has 0 amide bonds. The monoisotopic (exact) mass is 280 g/mol. The summed E-state index contributed by atoms with van der Waals surface area (Å²) in [6.45, 7) is 6.78. The van der Waals surface area contributed by atoms with Crippen molar-refractivity contribution in [3.63, 3.8) is 0 Å². The zero-order chi connectivity index (χ0) is 13.7. The maximum absolute atomic E-state index is 6.01. The van der Waals surface area contributed by atoms with Crippen molar-refractivity contribution in [3.05, 3.63) is 23.4 Å². The maximum atomic E-state index is 6.01. The Morgan fingerprint density at radius 2 is 2.16 bits per heavy atom. The van der Waals surface area contributed by atoms with Crippen LogP contribution in [0.4, 0.5) is 5.82 Å². The second-order valence-electron chi connectivity index (χ2n) is 5.60. The highest BCUT2D eigenvalue weighted by Gasteiger charge is 2.23. The number of rotatable bonds is 6. The lowest BCUT2D eigenvalue weighted by atomic mass is 10.0. The molecule has 1 saturated heterocycles. The number of hydrogen-bond donors (Lipinski definition) is 0. The zero-order valence-electron chi connectivity index (χ0n) is 12.2. The first-order valence-corrected chi connectivity index (χ1v) is 8.11. The number of pyridine rings is 1. The van der Waals surface area contributed by atoms with Crippen LogP contribution in [-0.4, -0.2) is 18.1 Å². The van der Waals surface area contributed by atoms with Crippen molar-refractivity contribution in [2.75, 3.05) is 18.0 Å². The van der Waals surface area contributed by atoms with Crippen molar-refractivity contribution in [3.8, 4) is 0 Å². The number of halogens is 1. The highest BCUT2D eigenvalue weighted by atomic mass is 35.5. The molecule has 0 spiro atoms. The normalized spacial score (nSPS) is 19.1. The molecule has 0 radical (unpaired) electrons. The second kappa shape index (κ2) is 7.14. The standard InChI is InChI=1S/C16H25ClN2/c1-3-5-13-7-8-19(12-13)16-10-14(11-17)9-15(18-16)6-4-2/h9-10,13H,3-8,11-12H2,1-2H3. The summed E-state index contributed by atoms with van der Waals surface area (Å²) in [6.07, 6.45) is 6.12. The molecule has 2 heterocycles. The van der Waals surface area contributed by atoms with Gasteiger partial charge in [0.15, 0.2) is 0 Å². The lowest BCUT2D eigenvalue weighted by Gasteiger charge is -2.19. The van der Waals surface area contributed by atoms with Crippen LogP contribution in [0.5, 0.6) is 0 Å². The molecule has 0 aromatic carbocycles. The average Bonchev–Trinajstić information content (AvgIpc) is 2.88. The summed E-state index contributed by atoms with van der Waals surface area (Å²) >= 11 is 6.01. The third-order valence-corrected chi connectivity index (χ3v) is 4.20. The van der Waals surface area contributed by atoms with E-state index in [4.69, 9.17) is 16.6 Å². The van der Waals surface area contributed by atoms with Crippen LogP contribution < -0.4 is 4.90 Å². The van der Waals surface area contributed by atoms with E-state index >= 15 is 0 Å². The summed E-state index contributed by atoms with van der Waals surface area (Å²) < 4.78 is 0. The molecule has 1 atom stereocenters. The Kier molecular flexibility index (Phi) is 5.50. The fourth-order valence-electron chi connectivity index (χ4n) is 2.94. The quantitative estimate of drug-likeness (QED) is 0.718. The Hall–Kier alpha value is -0.760. The number of aromatic nitrogens is 1. The van der Waals surface area contributed by atoms with Crippen LogP contribution >= 0.6 is 11.6 Å². The molecule has 1 aromatic rings. The zero-order valence-corrected chi connectivity index (χ0v) is 12.9. The minimum absolute atomic E-state index is 0.582. The van der Waals surface area contributed by atoms with Crippen LogP contribution in [0.25, 0.3) is 0 Å².